The fraction of sp³-hybridized carbons (Fsp3) is 0.547. The number of imide groups is 4. The summed E-state index contributed by atoms with van der Waals surface area (Å²) in [6, 6.07) is 14.3. The molecule has 2 aromatic carbocycles. The molecule has 4 bridgehead atoms. The summed E-state index contributed by atoms with van der Waals surface area (Å²) in [4.78, 5) is 116. The van der Waals surface area contributed by atoms with Gasteiger partial charge in [-0.1, -0.05) is 103 Å². The van der Waals surface area contributed by atoms with Crippen molar-refractivity contribution in [2.75, 3.05) is 22.9 Å². The minimum Gasteiger partial charge on any atom is -0.360 e. The van der Waals surface area contributed by atoms with E-state index in [-0.39, 0.29) is 72.2 Å². The molecule has 2 aromatic rings. The Morgan fingerprint density at radius 2 is 0.910 bits per heavy atom. The van der Waals surface area contributed by atoms with Gasteiger partial charge in [-0.05, 0) is 78.3 Å². The number of fused-ring (bicyclic) bond motifs is 10. The molecular formula is C53H60N4O10. The maximum Gasteiger partial charge on any atom is 0.241 e. The second kappa shape index (κ2) is 16.0. The first-order valence-electron chi connectivity index (χ1n) is 24.3. The molecule has 10 rings (SSSR count). The van der Waals surface area contributed by atoms with Crippen molar-refractivity contribution >= 4 is 58.6 Å². The summed E-state index contributed by atoms with van der Waals surface area (Å²) < 4.78 is 12.7. The number of benzene rings is 2. The van der Waals surface area contributed by atoms with Gasteiger partial charge in [-0.2, -0.15) is 0 Å². The molecule has 0 radical (unpaired) electrons. The third-order valence-corrected chi connectivity index (χ3v) is 17.3. The number of amides is 8. The van der Waals surface area contributed by atoms with Crippen LogP contribution in [0.4, 0.5) is 11.4 Å². The highest BCUT2D eigenvalue weighted by atomic mass is 16.5. The van der Waals surface area contributed by atoms with E-state index in [4.69, 9.17) is 9.47 Å². The lowest BCUT2D eigenvalue weighted by molar-refractivity contribution is -0.147. The number of ether oxygens (including phenoxy) is 2. The molecule has 8 aliphatic rings. The van der Waals surface area contributed by atoms with E-state index >= 15 is 0 Å². The van der Waals surface area contributed by atoms with Gasteiger partial charge in [-0.15, -0.1) is 0 Å². The monoisotopic (exact) mass is 912 g/mol. The molecule has 0 aliphatic carbocycles. The van der Waals surface area contributed by atoms with E-state index in [1.807, 2.05) is 38.1 Å². The van der Waals surface area contributed by atoms with E-state index in [1.165, 1.54) is 19.6 Å². The number of carbonyl (C=O) groups excluding carboxylic acids is 8. The Hall–Kier alpha value is -5.60. The zero-order chi connectivity index (χ0) is 47.5. The second-order valence-corrected chi connectivity index (χ2v) is 21.0. The average molecular weight is 913 g/mol. The van der Waals surface area contributed by atoms with Crippen LogP contribution in [0.2, 0.25) is 0 Å². The van der Waals surface area contributed by atoms with Crippen LogP contribution in [0.25, 0.3) is 0 Å². The third kappa shape index (κ3) is 6.62. The fourth-order valence-electron chi connectivity index (χ4n) is 13.3. The van der Waals surface area contributed by atoms with Crippen LogP contribution in [0, 0.1) is 46.3 Å². The zero-order valence-electron chi connectivity index (χ0n) is 39.2. The molecule has 12 unspecified atom stereocenters. The minimum absolute atomic E-state index is 0.110. The predicted molar refractivity (Wildman–Crippen MR) is 244 cm³/mol. The highest BCUT2D eigenvalue weighted by Crippen LogP contribution is 2.56. The van der Waals surface area contributed by atoms with E-state index < -0.39 is 70.7 Å². The normalized spacial score (nSPS) is 34.5. The number of rotatable bonds is 16. The number of hydrogen-bond acceptors (Lipinski definition) is 10. The number of hydrogen-bond donors (Lipinski definition) is 0. The van der Waals surface area contributed by atoms with Crippen molar-refractivity contribution in [2.24, 2.45) is 46.3 Å². The Morgan fingerprint density at radius 1 is 0.537 bits per heavy atom. The second-order valence-electron chi connectivity index (χ2n) is 21.0. The maximum atomic E-state index is 14.3. The molecule has 12 atom stereocenters. The third-order valence-electron chi connectivity index (χ3n) is 17.3. The molecule has 0 spiro atoms. The summed E-state index contributed by atoms with van der Waals surface area (Å²) in [5, 5.41) is 0. The molecule has 352 valence electrons. The standard InChI is InChI=1S/C53H60N4O10/c1-7-21-50(5,9-3)34-26-38(58)54(44(34)60)28-52-23-19-36(66-52)40-42(52)48(64)56(46(40)62)32-15-11-30(12-16-32)25-31-13-17-33(18-14-31)57-47(63)41-37-20-24-53(67-37,43(41)49(57)65)29-55-39(59)27-35(45(55)61)51(6,10-4)22-8-2/h11-20,23-24,34-37,40-43H,7-10,21-22,25-29H2,1-6H3. The minimum atomic E-state index is -1.28. The van der Waals surface area contributed by atoms with Crippen molar-refractivity contribution in [3.63, 3.8) is 0 Å². The summed E-state index contributed by atoms with van der Waals surface area (Å²) in [6.45, 7) is 12.1. The Kier molecular flexibility index (Phi) is 10.8. The first-order chi connectivity index (χ1) is 32.0. The number of carbonyl (C=O) groups is 8. The largest absolute Gasteiger partial charge is 0.360 e. The van der Waals surface area contributed by atoms with Crippen LogP contribution < -0.4 is 9.80 Å². The van der Waals surface area contributed by atoms with Gasteiger partial charge in [-0.25, -0.2) is 9.80 Å². The van der Waals surface area contributed by atoms with Crippen molar-refractivity contribution < 1.29 is 47.8 Å². The van der Waals surface area contributed by atoms with Gasteiger partial charge in [0.25, 0.3) is 0 Å². The molecule has 0 saturated carbocycles. The SMILES string of the molecule is CCCC(C)(CC)C1CC(=O)N(CC23C=CC(O2)C2C(=O)N(c4ccc(Cc5ccc(N6C(=O)C7C8C=CC(CN9C(=O)CC(C(C)(CC)CCC)C9=O)(O8)C7C6=O)cc5)cc4)C(=O)C23)C1=O. The molecule has 8 aliphatic heterocycles. The molecule has 14 heteroatoms. The summed E-state index contributed by atoms with van der Waals surface area (Å²) in [6.07, 6.45) is 11.5. The van der Waals surface area contributed by atoms with Gasteiger partial charge in [0.05, 0.1) is 72.2 Å². The van der Waals surface area contributed by atoms with Crippen molar-refractivity contribution in [3.8, 4) is 0 Å². The summed E-state index contributed by atoms with van der Waals surface area (Å²) >= 11 is 0. The Balaban J connectivity index is 0.800. The molecular weight excluding hydrogens is 853 g/mol. The van der Waals surface area contributed by atoms with E-state index in [0.29, 0.717) is 17.8 Å². The first kappa shape index (κ1) is 45.2. The van der Waals surface area contributed by atoms with Gasteiger partial charge in [0.1, 0.15) is 11.2 Å². The lowest BCUT2D eigenvalue weighted by atomic mass is 9.71. The topological polar surface area (TPSA) is 168 Å². The molecule has 67 heavy (non-hydrogen) atoms. The first-order valence-corrected chi connectivity index (χ1v) is 24.3. The highest BCUT2D eigenvalue weighted by molar-refractivity contribution is 6.24. The van der Waals surface area contributed by atoms with Crippen LogP contribution in [-0.2, 0) is 54.3 Å². The Labute approximate surface area is 391 Å². The maximum absolute atomic E-state index is 14.3. The van der Waals surface area contributed by atoms with Crippen LogP contribution in [0.5, 0.6) is 0 Å². The Morgan fingerprint density at radius 3 is 1.25 bits per heavy atom. The van der Waals surface area contributed by atoms with Gasteiger partial charge >= 0.3 is 0 Å². The molecule has 14 nitrogen and oxygen atoms in total. The van der Waals surface area contributed by atoms with E-state index in [2.05, 4.69) is 27.7 Å². The lowest BCUT2D eigenvalue weighted by Gasteiger charge is -2.35. The summed E-state index contributed by atoms with van der Waals surface area (Å²) in [5.41, 5.74) is -0.583. The van der Waals surface area contributed by atoms with E-state index in [0.717, 1.165) is 49.7 Å². The van der Waals surface area contributed by atoms with Crippen molar-refractivity contribution in [1.29, 1.82) is 0 Å². The van der Waals surface area contributed by atoms with Crippen LogP contribution in [0.1, 0.15) is 104 Å². The zero-order valence-corrected chi connectivity index (χ0v) is 39.2. The van der Waals surface area contributed by atoms with Crippen molar-refractivity contribution in [1.82, 2.24) is 9.80 Å². The summed E-state index contributed by atoms with van der Waals surface area (Å²) in [5.74, 6) is -6.81. The number of likely N-dealkylation sites (tertiary alicyclic amines) is 2. The molecule has 8 amide bonds. The van der Waals surface area contributed by atoms with Crippen LogP contribution in [0.15, 0.2) is 72.8 Å². The number of anilines is 2. The van der Waals surface area contributed by atoms with Gasteiger partial charge in [0, 0.05) is 12.8 Å². The van der Waals surface area contributed by atoms with Gasteiger partial charge in [0.15, 0.2) is 0 Å². The van der Waals surface area contributed by atoms with Gasteiger partial charge in [0.2, 0.25) is 47.3 Å². The average Bonchev–Trinajstić information content (AvgIpc) is 4.21. The molecule has 6 fully saturated rings. The molecule has 0 N–H and O–H groups in total. The molecule has 6 saturated heterocycles. The Bertz CT molecular complexity index is 2380. The molecule has 8 heterocycles. The fourth-order valence-corrected chi connectivity index (χ4v) is 13.3. The molecule has 0 aromatic heterocycles. The highest BCUT2D eigenvalue weighted by Gasteiger charge is 2.70. The number of nitrogens with zero attached hydrogens (tertiary/aromatic N) is 4. The smallest absolute Gasteiger partial charge is 0.241 e. The van der Waals surface area contributed by atoms with Crippen LogP contribution in [0.3, 0.4) is 0 Å². The van der Waals surface area contributed by atoms with Crippen LogP contribution in [-0.4, -0.2) is 93.6 Å². The van der Waals surface area contributed by atoms with Crippen molar-refractivity contribution in [3.05, 3.63) is 84.0 Å². The summed E-state index contributed by atoms with van der Waals surface area (Å²) in [7, 11) is 0. The quantitative estimate of drug-likeness (QED) is 0.142. The van der Waals surface area contributed by atoms with Crippen LogP contribution >= 0.6 is 0 Å². The lowest BCUT2D eigenvalue weighted by Crippen LogP contribution is -2.51. The van der Waals surface area contributed by atoms with Gasteiger partial charge < -0.3 is 9.47 Å². The van der Waals surface area contributed by atoms with Crippen molar-refractivity contribution in [2.45, 2.75) is 123 Å². The van der Waals surface area contributed by atoms with E-state index in [9.17, 15) is 38.4 Å². The van der Waals surface area contributed by atoms with Gasteiger partial charge in [-0.3, -0.25) is 48.2 Å². The predicted octanol–water partition coefficient (Wildman–Crippen LogP) is 6.09. The van der Waals surface area contributed by atoms with E-state index in [1.54, 1.807) is 48.6 Å².